The van der Waals surface area contributed by atoms with Crippen molar-refractivity contribution in [3.8, 4) is 17.2 Å². The zero-order valence-electron chi connectivity index (χ0n) is 18.7. The lowest BCUT2D eigenvalue weighted by atomic mass is 10.2. The molecule has 0 heterocycles. The van der Waals surface area contributed by atoms with Gasteiger partial charge in [0.2, 0.25) is 10.0 Å². The molecule has 0 radical (unpaired) electrons. The van der Waals surface area contributed by atoms with Crippen LogP contribution in [0.25, 0.3) is 0 Å². The Morgan fingerprint density at radius 3 is 2.38 bits per heavy atom. The van der Waals surface area contributed by atoms with E-state index in [-0.39, 0.29) is 22.9 Å². The second-order valence-electron chi connectivity index (χ2n) is 7.16. The highest BCUT2D eigenvalue weighted by atomic mass is 32.2. The maximum Gasteiger partial charge on any atom is 0.255 e. The van der Waals surface area contributed by atoms with E-state index in [2.05, 4.69) is 10.5 Å². The molecule has 1 amide bonds. The van der Waals surface area contributed by atoms with Gasteiger partial charge in [0.1, 0.15) is 22.1 Å². The summed E-state index contributed by atoms with van der Waals surface area (Å²) in [6.45, 7) is -0.525. The molecule has 0 unspecified atom stereocenters. The summed E-state index contributed by atoms with van der Waals surface area (Å²) in [5.41, 5.74) is 3.69. The Bertz CT molecular complexity index is 1250. The molecule has 0 atom stereocenters. The summed E-state index contributed by atoms with van der Waals surface area (Å²) in [6, 6.07) is 19.6. The zero-order valence-corrected chi connectivity index (χ0v) is 19.5. The lowest BCUT2D eigenvalue weighted by molar-refractivity contribution is -0.121. The molecule has 3 rings (SSSR count). The number of carbonyl (C=O) groups excluding carboxylic acids is 1. The van der Waals surface area contributed by atoms with Crippen LogP contribution >= 0.6 is 0 Å². The van der Waals surface area contributed by atoms with Crippen molar-refractivity contribution in [2.45, 2.75) is 11.4 Å². The predicted molar refractivity (Wildman–Crippen MR) is 127 cm³/mol. The smallest absolute Gasteiger partial charge is 0.255 e. The van der Waals surface area contributed by atoms with Crippen molar-refractivity contribution >= 4 is 22.1 Å². The van der Waals surface area contributed by atoms with E-state index in [1.807, 2.05) is 6.07 Å². The third kappa shape index (κ3) is 6.33. The van der Waals surface area contributed by atoms with E-state index in [0.29, 0.717) is 16.9 Å². The molecule has 0 saturated heterocycles. The van der Waals surface area contributed by atoms with Gasteiger partial charge in [0, 0.05) is 12.6 Å². The molecule has 0 fully saturated rings. The fourth-order valence-electron chi connectivity index (χ4n) is 3.07. The van der Waals surface area contributed by atoms with Crippen molar-refractivity contribution in [1.29, 1.82) is 0 Å². The van der Waals surface area contributed by atoms with Crippen LogP contribution in [0.2, 0.25) is 0 Å². The lowest BCUT2D eigenvalue weighted by Crippen LogP contribution is -2.39. The molecule has 3 aromatic rings. The molecule has 178 valence electrons. The van der Waals surface area contributed by atoms with E-state index in [1.54, 1.807) is 42.5 Å². The third-order valence-corrected chi connectivity index (χ3v) is 6.62. The fraction of sp³-hybridized carbons (Fsp3) is 0.167. The molecule has 0 bridgehead atoms. The average Bonchev–Trinajstić information content (AvgIpc) is 2.85. The van der Waals surface area contributed by atoms with Crippen LogP contribution in [-0.2, 0) is 21.4 Å². The first-order chi connectivity index (χ1) is 16.3. The second-order valence-corrected chi connectivity index (χ2v) is 9.07. The first-order valence-corrected chi connectivity index (χ1v) is 11.6. The number of hydrogen-bond donors (Lipinski definition) is 2. The number of benzene rings is 3. The van der Waals surface area contributed by atoms with Crippen molar-refractivity contribution in [2.75, 3.05) is 20.8 Å². The van der Waals surface area contributed by atoms with Gasteiger partial charge in [0.05, 0.1) is 27.0 Å². The molecule has 0 spiro atoms. The van der Waals surface area contributed by atoms with Crippen LogP contribution in [0.5, 0.6) is 17.2 Å². The van der Waals surface area contributed by atoms with Gasteiger partial charge in [-0.3, -0.25) is 4.79 Å². The van der Waals surface area contributed by atoms with Gasteiger partial charge in [-0.05, 0) is 47.5 Å². The Morgan fingerprint density at radius 2 is 1.74 bits per heavy atom. The van der Waals surface area contributed by atoms with Crippen molar-refractivity contribution in [1.82, 2.24) is 9.73 Å². The predicted octanol–water partition coefficient (Wildman–Crippen LogP) is 2.75. The van der Waals surface area contributed by atoms with Crippen LogP contribution in [-0.4, -0.2) is 50.7 Å². The quantitative estimate of drug-likeness (QED) is 0.338. The van der Waals surface area contributed by atoms with E-state index >= 15 is 0 Å². The van der Waals surface area contributed by atoms with E-state index in [9.17, 15) is 18.3 Å². The number of methoxy groups -OCH3 is 2. The summed E-state index contributed by atoms with van der Waals surface area (Å²) in [7, 11) is -1.37. The van der Waals surface area contributed by atoms with E-state index < -0.39 is 22.5 Å². The maximum atomic E-state index is 13.6. The Balaban J connectivity index is 1.86. The topological polar surface area (TPSA) is 118 Å². The molecule has 0 aliphatic rings. The minimum absolute atomic E-state index is 0.0430. The Morgan fingerprint density at radius 1 is 1.03 bits per heavy atom. The molecule has 3 aromatic carbocycles. The zero-order chi connectivity index (χ0) is 24.6. The van der Waals surface area contributed by atoms with E-state index in [1.165, 1.54) is 44.7 Å². The monoisotopic (exact) mass is 483 g/mol. The van der Waals surface area contributed by atoms with Gasteiger partial charge in [-0.25, -0.2) is 13.8 Å². The second kappa shape index (κ2) is 11.3. The first-order valence-electron chi connectivity index (χ1n) is 10.2. The maximum absolute atomic E-state index is 13.6. The normalized spacial score (nSPS) is 11.5. The van der Waals surface area contributed by atoms with Crippen molar-refractivity contribution < 1.29 is 27.8 Å². The number of hydrogen-bond acceptors (Lipinski definition) is 7. The van der Waals surface area contributed by atoms with Gasteiger partial charge in [0.25, 0.3) is 5.91 Å². The van der Waals surface area contributed by atoms with Gasteiger partial charge in [-0.15, -0.1) is 0 Å². The number of rotatable bonds is 10. The summed E-state index contributed by atoms with van der Waals surface area (Å²) < 4.78 is 38.7. The first kappa shape index (κ1) is 24.7. The summed E-state index contributed by atoms with van der Waals surface area (Å²) >= 11 is 0. The number of ether oxygens (including phenoxy) is 2. The average molecular weight is 484 g/mol. The summed E-state index contributed by atoms with van der Waals surface area (Å²) in [5.74, 6) is -0.0566. The number of nitrogens with one attached hydrogen (secondary N) is 1. The SMILES string of the molecule is COc1ccc(OC)c(S(=O)(=O)N(CC(=O)N/N=C/c2ccc(O)cc2)Cc2ccccc2)c1. The number of hydrazone groups is 1. The standard InChI is InChI=1S/C24H25N3O6S/c1-32-21-12-13-22(33-2)23(14-21)34(30,31)27(16-19-6-4-3-5-7-19)17-24(29)26-25-15-18-8-10-20(28)11-9-18/h3-15,28H,16-17H2,1-2H3,(H,26,29)/b25-15+. The molecular weight excluding hydrogens is 458 g/mol. The summed E-state index contributed by atoms with van der Waals surface area (Å²) in [4.78, 5) is 12.5. The number of phenols is 1. The molecule has 9 nitrogen and oxygen atoms in total. The molecule has 0 aliphatic heterocycles. The highest BCUT2D eigenvalue weighted by molar-refractivity contribution is 7.89. The van der Waals surface area contributed by atoms with Crippen LogP contribution in [0.1, 0.15) is 11.1 Å². The van der Waals surface area contributed by atoms with Gasteiger partial charge in [-0.2, -0.15) is 9.41 Å². The highest BCUT2D eigenvalue weighted by Gasteiger charge is 2.30. The minimum atomic E-state index is -4.16. The van der Waals surface area contributed by atoms with Crippen LogP contribution in [0.4, 0.5) is 0 Å². The number of nitrogens with zero attached hydrogens (tertiary/aromatic N) is 2. The molecule has 0 aromatic heterocycles. The van der Waals surface area contributed by atoms with Gasteiger partial charge < -0.3 is 14.6 Å². The van der Waals surface area contributed by atoms with Gasteiger partial charge in [0.15, 0.2) is 0 Å². The van der Waals surface area contributed by atoms with Crippen molar-refractivity contribution in [3.05, 3.63) is 83.9 Å². The highest BCUT2D eigenvalue weighted by Crippen LogP contribution is 2.31. The van der Waals surface area contributed by atoms with Gasteiger partial charge in [-0.1, -0.05) is 30.3 Å². The van der Waals surface area contributed by atoms with Crippen LogP contribution in [0, 0.1) is 0 Å². The fourth-order valence-corrected chi connectivity index (χ4v) is 4.63. The number of carbonyl (C=O) groups is 1. The minimum Gasteiger partial charge on any atom is -0.508 e. The lowest BCUT2D eigenvalue weighted by Gasteiger charge is -2.23. The molecule has 10 heteroatoms. The Labute approximate surface area is 198 Å². The Kier molecular flexibility index (Phi) is 8.23. The van der Waals surface area contributed by atoms with Crippen molar-refractivity contribution in [3.63, 3.8) is 0 Å². The molecular formula is C24H25N3O6S. The number of amides is 1. The summed E-state index contributed by atoms with van der Waals surface area (Å²) in [5, 5.41) is 13.2. The molecule has 0 aliphatic carbocycles. The van der Waals surface area contributed by atoms with Crippen molar-refractivity contribution in [2.24, 2.45) is 5.10 Å². The van der Waals surface area contributed by atoms with Crippen LogP contribution in [0.3, 0.4) is 0 Å². The van der Waals surface area contributed by atoms with E-state index in [4.69, 9.17) is 9.47 Å². The molecule has 0 saturated carbocycles. The van der Waals surface area contributed by atoms with Crippen LogP contribution < -0.4 is 14.9 Å². The van der Waals surface area contributed by atoms with E-state index in [0.717, 1.165) is 4.31 Å². The Hall–Kier alpha value is -3.89. The molecule has 34 heavy (non-hydrogen) atoms. The van der Waals surface area contributed by atoms with Crippen LogP contribution in [0.15, 0.2) is 82.8 Å². The largest absolute Gasteiger partial charge is 0.508 e. The number of sulfonamides is 1. The number of phenolic OH excluding ortho intramolecular Hbond substituents is 1. The van der Waals surface area contributed by atoms with Gasteiger partial charge >= 0.3 is 0 Å². The molecule has 2 N–H and O–H groups in total. The summed E-state index contributed by atoms with van der Waals surface area (Å²) in [6.07, 6.45) is 1.39. The number of aromatic hydroxyl groups is 1. The third-order valence-electron chi connectivity index (χ3n) is 4.81.